The summed E-state index contributed by atoms with van der Waals surface area (Å²) in [7, 11) is 0. The first-order valence-corrected chi connectivity index (χ1v) is 18.8. The second-order valence-corrected chi connectivity index (χ2v) is 14.1. The molecule has 0 aliphatic heterocycles. The number of rotatable bonds is 6. The molecule has 0 saturated carbocycles. The summed E-state index contributed by atoms with van der Waals surface area (Å²) >= 11 is 0. The molecule has 0 spiro atoms. The van der Waals surface area contributed by atoms with Gasteiger partial charge in [-0.15, -0.1) is 0 Å². The molecule has 0 bridgehead atoms. The van der Waals surface area contributed by atoms with Crippen LogP contribution >= 0.6 is 0 Å². The van der Waals surface area contributed by atoms with Crippen LogP contribution < -0.4 is 4.90 Å². The van der Waals surface area contributed by atoms with Gasteiger partial charge in [0.1, 0.15) is 5.58 Å². The van der Waals surface area contributed by atoms with Crippen LogP contribution in [0.2, 0.25) is 0 Å². The predicted octanol–water partition coefficient (Wildman–Crippen LogP) is 14.6. The maximum Gasteiger partial charge on any atom is 0.159 e. The minimum atomic E-state index is 0.852. The van der Waals surface area contributed by atoms with Crippen LogP contribution in [0.15, 0.2) is 211 Å². The molecule has 3 heteroatoms. The van der Waals surface area contributed by atoms with Gasteiger partial charge in [0, 0.05) is 38.5 Å². The molecule has 55 heavy (non-hydrogen) atoms. The summed E-state index contributed by atoms with van der Waals surface area (Å²) in [6, 6.07) is 74.0. The van der Waals surface area contributed by atoms with Crippen molar-refractivity contribution in [3.63, 3.8) is 0 Å². The van der Waals surface area contributed by atoms with Crippen LogP contribution in [0.5, 0.6) is 0 Å². The van der Waals surface area contributed by atoms with Crippen LogP contribution in [-0.4, -0.2) is 4.57 Å². The summed E-state index contributed by atoms with van der Waals surface area (Å²) in [5.41, 5.74) is 12.9. The van der Waals surface area contributed by atoms with E-state index in [1.54, 1.807) is 0 Å². The third-order valence-corrected chi connectivity index (χ3v) is 11.0. The Morgan fingerprint density at radius 3 is 1.93 bits per heavy atom. The monoisotopic (exact) mass is 702 g/mol. The van der Waals surface area contributed by atoms with Gasteiger partial charge in [-0.3, -0.25) is 0 Å². The van der Waals surface area contributed by atoms with E-state index in [4.69, 9.17) is 4.42 Å². The van der Waals surface area contributed by atoms with Crippen molar-refractivity contribution in [3.8, 4) is 27.9 Å². The summed E-state index contributed by atoms with van der Waals surface area (Å²) in [6.45, 7) is 0. The molecule has 0 fully saturated rings. The van der Waals surface area contributed by atoms with Crippen LogP contribution in [0.25, 0.3) is 82.5 Å². The van der Waals surface area contributed by atoms with E-state index in [0.717, 1.165) is 66.9 Å². The van der Waals surface area contributed by atoms with Crippen molar-refractivity contribution in [2.75, 3.05) is 4.90 Å². The molecule has 0 saturated heterocycles. The standard InChI is InChI=1S/C52H34N2O/c1-3-15-36(16-4-1)46-33-39(38-27-26-35-14-7-8-17-37(35)32-38)28-31-48(46)54(49-24-13-22-45-44-21-10-12-25-51(44)55-52(45)49)41-29-30-43-42-20-9-11-23-47(42)53(50(43)34-41)40-18-5-2-6-19-40/h1-34H. The minimum Gasteiger partial charge on any atom is -0.454 e. The molecule has 2 heterocycles. The first kappa shape index (κ1) is 31.2. The lowest BCUT2D eigenvalue weighted by molar-refractivity contribution is 0.669. The molecule has 0 aliphatic rings. The zero-order chi connectivity index (χ0) is 36.3. The Labute approximate surface area is 318 Å². The second kappa shape index (κ2) is 12.6. The van der Waals surface area contributed by atoms with Gasteiger partial charge in [-0.1, -0.05) is 146 Å². The molecule has 0 unspecified atom stereocenters. The van der Waals surface area contributed by atoms with E-state index >= 15 is 0 Å². The number of hydrogen-bond acceptors (Lipinski definition) is 2. The van der Waals surface area contributed by atoms with Gasteiger partial charge >= 0.3 is 0 Å². The zero-order valence-corrected chi connectivity index (χ0v) is 29.9. The number of nitrogens with zero attached hydrogens (tertiary/aromatic N) is 2. The van der Waals surface area contributed by atoms with Crippen LogP contribution in [0.4, 0.5) is 17.1 Å². The number of aromatic nitrogens is 1. The number of anilines is 3. The lowest BCUT2D eigenvalue weighted by Crippen LogP contribution is -2.12. The Hall–Kier alpha value is -7.36. The van der Waals surface area contributed by atoms with E-state index in [2.05, 4.69) is 210 Å². The molecule has 11 aromatic rings. The molecule has 0 N–H and O–H groups in total. The fourth-order valence-corrected chi connectivity index (χ4v) is 8.40. The minimum absolute atomic E-state index is 0.852. The molecule has 0 amide bonds. The Balaban J connectivity index is 1.21. The number of benzene rings is 9. The molecule has 0 atom stereocenters. The summed E-state index contributed by atoms with van der Waals surface area (Å²) < 4.78 is 9.15. The largest absolute Gasteiger partial charge is 0.454 e. The summed E-state index contributed by atoms with van der Waals surface area (Å²) in [4.78, 5) is 2.39. The fourth-order valence-electron chi connectivity index (χ4n) is 8.40. The maximum atomic E-state index is 6.77. The number of fused-ring (bicyclic) bond motifs is 7. The molecule has 3 nitrogen and oxygen atoms in total. The Morgan fingerprint density at radius 2 is 1.05 bits per heavy atom. The average molecular weight is 703 g/mol. The second-order valence-electron chi connectivity index (χ2n) is 14.1. The highest BCUT2D eigenvalue weighted by Gasteiger charge is 2.24. The van der Waals surface area contributed by atoms with Crippen LogP contribution in [0.1, 0.15) is 0 Å². The Bertz CT molecular complexity index is 3210. The molecule has 2 aromatic heterocycles. The normalized spacial score (nSPS) is 11.6. The van der Waals surface area contributed by atoms with Gasteiger partial charge in [0.2, 0.25) is 0 Å². The van der Waals surface area contributed by atoms with Gasteiger partial charge in [0.05, 0.1) is 22.4 Å². The molecule has 0 radical (unpaired) electrons. The van der Waals surface area contributed by atoms with Gasteiger partial charge in [-0.05, 0) is 88.1 Å². The highest BCUT2D eigenvalue weighted by molar-refractivity contribution is 6.13. The van der Waals surface area contributed by atoms with Gasteiger partial charge < -0.3 is 13.9 Å². The van der Waals surface area contributed by atoms with E-state index in [1.807, 2.05) is 6.07 Å². The molecule has 9 aromatic carbocycles. The Morgan fingerprint density at radius 1 is 0.382 bits per heavy atom. The summed E-state index contributed by atoms with van der Waals surface area (Å²) in [5, 5.41) is 7.09. The SMILES string of the molecule is c1ccc(-c2cc(-c3ccc4ccccc4c3)ccc2N(c2ccc3c4ccccc4n(-c4ccccc4)c3c2)c2cccc3c2oc2ccccc23)cc1. The first-order chi connectivity index (χ1) is 27.3. The Kier molecular flexibility index (Phi) is 7.17. The lowest BCUT2D eigenvalue weighted by atomic mass is 9.95. The van der Waals surface area contributed by atoms with Gasteiger partial charge in [0.15, 0.2) is 5.58 Å². The predicted molar refractivity (Wildman–Crippen MR) is 231 cm³/mol. The van der Waals surface area contributed by atoms with Gasteiger partial charge in [-0.25, -0.2) is 0 Å². The molecular formula is C52H34N2O. The highest BCUT2D eigenvalue weighted by Crippen LogP contribution is 2.47. The number of hydrogen-bond donors (Lipinski definition) is 0. The molecule has 258 valence electrons. The molecule has 11 rings (SSSR count). The summed E-state index contributed by atoms with van der Waals surface area (Å²) in [6.07, 6.45) is 0. The number of para-hydroxylation sites is 4. The van der Waals surface area contributed by atoms with Gasteiger partial charge in [0.25, 0.3) is 0 Å². The first-order valence-electron chi connectivity index (χ1n) is 18.8. The zero-order valence-electron chi connectivity index (χ0n) is 29.9. The van der Waals surface area contributed by atoms with E-state index in [0.29, 0.717) is 0 Å². The maximum absolute atomic E-state index is 6.77. The number of furan rings is 1. The van der Waals surface area contributed by atoms with E-state index in [1.165, 1.54) is 32.6 Å². The van der Waals surface area contributed by atoms with Crippen molar-refractivity contribution >= 4 is 71.6 Å². The van der Waals surface area contributed by atoms with Crippen LogP contribution in [-0.2, 0) is 0 Å². The molecular weight excluding hydrogens is 669 g/mol. The fraction of sp³-hybridized carbons (Fsp3) is 0. The van der Waals surface area contributed by atoms with Crippen molar-refractivity contribution in [1.29, 1.82) is 0 Å². The van der Waals surface area contributed by atoms with Crippen molar-refractivity contribution in [2.24, 2.45) is 0 Å². The topological polar surface area (TPSA) is 21.3 Å². The van der Waals surface area contributed by atoms with E-state index in [9.17, 15) is 0 Å². The highest BCUT2D eigenvalue weighted by atomic mass is 16.3. The third-order valence-electron chi connectivity index (χ3n) is 11.0. The smallest absolute Gasteiger partial charge is 0.159 e. The van der Waals surface area contributed by atoms with Crippen molar-refractivity contribution in [3.05, 3.63) is 206 Å². The van der Waals surface area contributed by atoms with Crippen LogP contribution in [0.3, 0.4) is 0 Å². The molecule has 0 aliphatic carbocycles. The van der Waals surface area contributed by atoms with E-state index in [-0.39, 0.29) is 0 Å². The average Bonchev–Trinajstić information content (AvgIpc) is 3.80. The van der Waals surface area contributed by atoms with Crippen molar-refractivity contribution in [1.82, 2.24) is 4.57 Å². The van der Waals surface area contributed by atoms with Crippen LogP contribution in [0, 0.1) is 0 Å². The van der Waals surface area contributed by atoms with Gasteiger partial charge in [-0.2, -0.15) is 0 Å². The van der Waals surface area contributed by atoms with Crippen molar-refractivity contribution < 1.29 is 4.42 Å². The third kappa shape index (κ3) is 5.13. The lowest BCUT2D eigenvalue weighted by Gasteiger charge is -2.28. The quantitative estimate of drug-likeness (QED) is 0.172. The summed E-state index contributed by atoms with van der Waals surface area (Å²) in [5.74, 6) is 0. The van der Waals surface area contributed by atoms with Crippen molar-refractivity contribution in [2.45, 2.75) is 0 Å². The van der Waals surface area contributed by atoms with E-state index < -0.39 is 0 Å².